The number of halogens is 2. The first-order chi connectivity index (χ1) is 8.66. The monoisotopic (exact) mass is 330 g/mol. The minimum absolute atomic E-state index is 0.0602. The molecule has 1 atom stereocenters. The minimum Gasteiger partial charge on any atom is -0.352 e. The maximum atomic E-state index is 11.9. The third-order valence-corrected chi connectivity index (χ3v) is 4.36. The molecule has 98 valence electrons. The average molecular weight is 332 g/mol. The van der Waals surface area contributed by atoms with Gasteiger partial charge >= 0.3 is 0 Å². The second-order valence-corrected chi connectivity index (χ2v) is 5.81. The van der Waals surface area contributed by atoms with Crippen molar-refractivity contribution in [3.63, 3.8) is 0 Å². The van der Waals surface area contributed by atoms with E-state index in [1.54, 1.807) is 18.2 Å². The molecule has 0 bridgehead atoms. The molecular weight excluding hydrogens is 316 g/mol. The van der Waals surface area contributed by atoms with Crippen LogP contribution in [0.5, 0.6) is 0 Å². The van der Waals surface area contributed by atoms with E-state index in [2.05, 4.69) is 26.6 Å². The number of hydrogen-bond acceptors (Lipinski definition) is 2. The van der Waals surface area contributed by atoms with Gasteiger partial charge in [-0.25, -0.2) is 0 Å². The summed E-state index contributed by atoms with van der Waals surface area (Å²) in [6.45, 7) is 2.80. The van der Waals surface area contributed by atoms with E-state index in [1.165, 1.54) is 12.8 Å². The molecule has 1 aromatic carbocycles. The number of nitrogens with one attached hydrogen (secondary N) is 2. The van der Waals surface area contributed by atoms with Gasteiger partial charge in [-0.15, -0.1) is 0 Å². The van der Waals surface area contributed by atoms with Crippen molar-refractivity contribution in [2.75, 3.05) is 19.6 Å². The number of carbonyl (C=O) groups is 1. The number of hydrogen-bond donors (Lipinski definition) is 2. The summed E-state index contributed by atoms with van der Waals surface area (Å²) in [5.41, 5.74) is 0.604. The van der Waals surface area contributed by atoms with Gasteiger partial charge in [-0.05, 0) is 66.0 Å². The summed E-state index contributed by atoms with van der Waals surface area (Å²) in [6, 6.07) is 5.24. The van der Waals surface area contributed by atoms with Gasteiger partial charge in [-0.2, -0.15) is 0 Å². The summed E-state index contributed by atoms with van der Waals surface area (Å²) in [5.74, 6) is 0.476. The lowest BCUT2D eigenvalue weighted by Gasteiger charge is -2.22. The van der Waals surface area contributed by atoms with Crippen molar-refractivity contribution in [3.05, 3.63) is 33.3 Å². The lowest BCUT2D eigenvalue weighted by atomic mass is 10.00. The summed E-state index contributed by atoms with van der Waals surface area (Å²) in [6.07, 6.45) is 2.36. The molecular formula is C13H16BrClN2O. The summed E-state index contributed by atoms with van der Waals surface area (Å²) in [4.78, 5) is 11.9. The Hall–Kier alpha value is -0.580. The zero-order valence-corrected chi connectivity index (χ0v) is 12.4. The van der Waals surface area contributed by atoms with Gasteiger partial charge in [0.05, 0.1) is 5.02 Å². The molecule has 0 aromatic heterocycles. The smallest absolute Gasteiger partial charge is 0.251 e. The molecule has 5 heteroatoms. The molecule has 1 heterocycles. The lowest BCUT2D eigenvalue weighted by molar-refractivity contribution is 0.0945. The van der Waals surface area contributed by atoms with Crippen molar-refractivity contribution in [1.82, 2.24) is 10.6 Å². The molecule has 0 radical (unpaired) electrons. The molecule has 0 saturated carbocycles. The van der Waals surface area contributed by atoms with Crippen LogP contribution in [-0.2, 0) is 0 Å². The van der Waals surface area contributed by atoms with Crippen LogP contribution in [0.2, 0.25) is 5.02 Å². The zero-order chi connectivity index (χ0) is 13.0. The highest BCUT2D eigenvalue weighted by molar-refractivity contribution is 9.10. The maximum absolute atomic E-state index is 11.9. The Morgan fingerprint density at radius 2 is 2.39 bits per heavy atom. The van der Waals surface area contributed by atoms with E-state index in [-0.39, 0.29) is 5.91 Å². The van der Waals surface area contributed by atoms with Gasteiger partial charge in [0.1, 0.15) is 0 Å². The van der Waals surface area contributed by atoms with E-state index >= 15 is 0 Å². The first-order valence-electron chi connectivity index (χ1n) is 6.11. The Bertz CT molecular complexity index is 433. The normalized spacial score (nSPS) is 19.6. The highest BCUT2D eigenvalue weighted by Crippen LogP contribution is 2.23. The highest BCUT2D eigenvalue weighted by Gasteiger charge is 2.14. The molecule has 2 N–H and O–H groups in total. The summed E-state index contributed by atoms with van der Waals surface area (Å²) in [7, 11) is 0. The molecule has 1 aliphatic rings. The average Bonchev–Trinajstić information content (AvgIpc) is 2.40. The molecule has 1 fully saturated rings. The number of rotatable bonds is 3. The summed E-state index contributed by atoms with van der Waals surface area (Å²) in [5, 5.41) is 6.86. The van der Waals surface area contributed by atoms with E-state index in [0.29, 0.717) is 16.5 Å². The maximum Gasteiger partial charge on any atom is 0.251 e. The predicted molar refractivity (Wildman–Crippen MR) is 77.1 cm³/mol. The van der Waals surface area contributed by atoms with Crippen molar-refractivity contribution in [1.29, 1.82) is 0 Å². The van der Waals surface area contributed by atoms with Crippen molar-refractivity contribution in [2.24, 2.45) is 5.92 Å². The molecule has 1 amide bonds. The number of carbonyl (C=O) groups excluding carboxylic acids is 1. The second kappa shape index (κ2) is 6.55. The Labute approximate surface area is 120 Å². The Balaban J connectivity index is 1.88. The summed E-state index contributed by atoms with van der Waals surface area (Å²) < 4.78 is 0.803. The summed E-state index contributed by atoms with van der Waals surface area (Å²) >= 11 is 9.28. The van der Waals surface area contributed by atoms with E-state index in [1.807, 2.05) is 0 Å². The Morgan fingerprint density at radius 3 is 3.06 bits per heavy atom. The third-order valence-electron chi connectivity index (χ3n) is 3.13. The largest absolute Gasteiger partial charge is 0.352 e. The molecule has 1 aromatic rings. The quantitative estimate of drug-likeness (QED) is 0.894. The van der Waals surface area contributed by atoms with E-state index < -0.39 is 0 Å². The number of benzene rings is 1. The van der Waals surface area contributed by atoms with Crippen LogP contribution < -0.4 is 10.6 Å². The Kier molecular flexibility index (Phi) is 5.03. The van der Waals surface area contributed by atoms with Crippen molar-refractivity contribution in [3.8, 4) is 0 Å². The fraction of sp³-hybridized carbons (Fsp3) is 0.462. The van der Waals surface area contributed by atoms with Gasteiger partial charge in [0.2, 0.25) is 0 Å². The van der Waals surface area contributed by atoms with Crippen molar-refractivity contribution < 1.29 is 4.79 Å². The molecule has 0 spiro atoms. The van der Waals surface area contributed by atoms with E-state index in [9.17, 15) is 4.79 Å². The fourth-order valence-electron chi connectivity index (χ4n) is 2.07. The first-order valence-corrected chi connectivity index (χ1v) is 7.28. The van der Waals surface area contributed by atoms with Crippen LogP contribution in [0.4, 0.5) is 0 Å². The van der Waals surface area contributed by atoms with Crippen molar-refractivity contribution >= 4 is 33.4 Å². The van der Waals surface area contributed by atoms with Gasteiger partial charge in [-0.3, -0.25) is 4.79 Å². The molecule has 0 aliphatic carbocycles. The van der Waals surface area contributed by atoms with Crippen LogP contribution in [0.1, 0.15) is 23.2 Å². The van der Waals surface area contributed by atoms with Gasteiger partial charge in [0, 0.05) is 16.6 Å². The van der Waals surface area contributed by atoms with Gasteiger partial charge in [-0.1, -0.05) is 11.6 Å². The van der Waals surface area contributed by atoms with E-state index in [0.717, 1.165) is 24.1 Å². The van der Waals surface area contributed by atoms with Crippen LogP contribution >= 0.6 is 27.5 Å². The van der Waals surface area contributed by atoms with Gasteiger partial charge in [0.25, 0.3) is 5.91 Å². The van der Waals surface area contributed by atoms with Crippen LogP contribution in [0.3, 0.4) is 0 Å². The molecule has 1 saturated heterocycles. The highest BCUT2D eigenvalue weighted by atomic mass is 79.9. The van der Waals surface area contributed by atoms with Crippen molar-refractivity contribution in [2.45, 2.75) is 12.8 Å². The third kappa shape index (κ3) is 3.70. The van der Waals surface area contributed by atoms with Gasteiger partial charge < -0.3 is 10.6 Å². The molecule has 1 unspecified atom stereocenters. The number of amides is 1. The molecule has 2 rings (SSSR count). The Morgan fingerprint density at radius 1 is 1.56 bits per heavy atom. The topological polar surface area (TPSA) is 41.1 Å². The SMILES string of the molecule is O=C(NCC1CCCNC1)c1ccc(Br)c(Cl)c1. The van der Waals surface area contributed by atoms with Crippen LogP contribution in [0.15, 0.2) is 22.7 Å². The first kappa shape index (κ1) is 13.8. The lowest BCUT2D eigenvalue weighted by Crippen LogP contribution is -2.38. The number of piperidine rings is 1. The van der Waals surface area contributed by atoms with E-state index in [4.69, 9.17) is 11.6 Å². The standard InChI is InChI=1S/C13H16BrClN2O/c14-11-4-3-10(6-12(11)15)13(18)17-8-9-2-1-5-16-7-9/h3-4,6,9,16H,1-2,5,7-8H2,(H,17,18). The van der Waals surface area contributed by atoms with Crippen LogP contribution in [0, 0.1) is 5.92 Å². The zero-order valence-electron chi connectivity index (χ0n) is 10.0. The molecule has 1 aliphatic heterocycles. The van der Waals surface area contributed by atoms with Crippen LogP contribution in [0.25, 0.3) is 0 Å². The molecule has 18 heavy (non-hydrogen) atoms. The van der Waals surface area contributed by atoms with Crippen LogP contribution in [-0.4, -0.2) is 25.5 Å². The second-order valence-electron chi connectivity index (χ2n) is 4.55. The van der Waals surface area contributed by atoms with Gasteiger partial charge in [0.15, 0.2) is 0 Å². The predicted octanol–water partition coefficient (Wildman–Crippen LogP) is 2.83. The fourth-order valence-corrected chi connectivity index (χ4v) is 2.50. The molecule has 3 nitrogen and oxygen atoms in total. The minimum atomic E-state index is -0.0602.